The molecule has 0 spiro atoms. The van der Waals surface area contributed by atoms with E-state index in [1.165, 1.54) is 43.1 Å². The van der Waals surface area contributed by atoms with Crippen LogP contribution in [0.25, 0.3) is 43.8 Å². The lowest BCUT2D eigenvalue weighted by Gasteiger charge is -2.34. The van der Waals surface area contributed by atoms with Crippen molar-refractivity contribution in [3.05, 3.63) is 194 Å². The Balaban J connectivity index is 1.04. The SMILES string of the molecule is c1ccc(-c2cccc(N3c4ccccc4Sc4cc(-c5ccc6c(c5)N(c5ccc7ccccc7c5)c5ccc7ccccc7c5O6)ccc43)c2)cc1. The van der Waals surface area contributed by atoms with Gasteiger partial charge in [0.2, 0.25) is 0 Å². The van der Waals surface area contributed by atoms with E-state index in [0.29, 0.717) is 0 Å². The summed E-state index contributed by atoms with van der Waals surface area (Å²) in [5.41, 5.74) is 11.3. The van der Waals surface area contributed by atoms with Crippen molar-refractivity contribution in [1.82, 2.24) is 0 Å². The molecule has 0 unspecified atom stereocenters. The predicted molar refractivity (Wildman–Crippen MR) is 226 cm³/mol. The highest BCUT2D eigenvalue weighted by molar-refractivity contribution is 7.99. The molecule has 9 aromatic carbocycles. The van der Waals surface area contributed by atoms with Crippen molar-refractivity contribution >= 4 is 67.4 Å². The van der Waals surface area contributed by atoms with Crippen LogP contribution in [0.15, 0.2) is 204 Å². The molecular formula is C50H32N2OS. The molecule has 0 saturated heterocycles. The molecule has 0 bridgehead atoms. The lowest BCUT2D eigenvalue weighted by Crippen LogP contribution is -2.16. The van der Waals surface area contributed by atoms with Gasteiger partial charge in [-0.25, -0.2) is 0 Å². The summed E-state index contributed by atoms with van der Waals surface area (Å²) in [7, 11) is 0. The van der Waals surface area contributed by atoms with E-state index in [-0.39, 0.29) is 0 Å². The summed E-state index contributed by atoms with van der Waals surface area (Å²) in [5.74, 6) is 1.71. The first-order chi connectivity index (χ1) is 26.7. The Morgan fingerprint density at radius 2 is 1.00 bits per heavy atom. The molecule has 0 atom stereocenters. The lowest BCUT2D eigenvalue weighted by molar-refractivity contribution is 0.482. The standard InChI is InChI=1S/C50H32N2OS/c1-2-11-33(12-3-1)37-16-10-17-40(29-37)51-43-19-8-9-20-48(43)54-49-32-39(23-26-44(49)51)38-24-28-47-46(31-38)52(41-25-21-34-13-4-5-15-36(34)30-41)45-27-22-35-14-6-7-18-42(35)50(45)53-47/h1-32H. The van der Waals surface area contributed by atoms with Gasteiger partial charge in [0.1, 0.15) is 0 Å². The molecule has 0 N–H and O–H groups in total. The minimum Gasteiger partial charge on any atom is -0.452 e. The average molecular weight is 709 g/mol. The molecule has 0 saturated carbocycles. The smallest absolute Gasteiger partial charge is 0.159 e. The number of hydrogen-bond acceptors (Lipinski definition) is 4. The highest BCUT2D eigenvalue weighted by Crippen LogP contribution is 2.55. The minimum absolute atomic E-state index is 0.835. The Bertz CT molecular complexity index is 2920. The zero-order valence-electron chi connectivity index (χ0n) is 29.2. The zero-order valence-corrected chi connectivity index (χ0v) is 30.0. The molecule has 4 heteroatoms. The molecule has 3 nitrogen and oxygen atoms in total. The first kappa shape index (κ1) is 30.8. The largest absolute Gasteiger partial charge is 0.452 e. The third-order valence-electron chi connectivity index (χ3n) is 10.6. The van der Waals surface area contributed by atoms with Gasteiger partial charge in [-0.2, -0.15) is 0 Å². The van der Waals surface area contributed by atoms with Gasteiger partial charge >= 0.3 is 0 Å². The van der Waals surface area contributed by atoms with Gasteiger partial charge in [-0.1, -0.05) is 139 Å². The van der Waals surface area contributed by atoms with Gasteiger partial charge in [0.15, 0.2) is 11.5 Å². The van der Waals surface area contributed by atoms with Crippen LogP contribution >= 0.6 is 11.8 Å². The predicted octanol–water partition coefficient (Wildman–Crippen LogP) is 14.8. The van der Waals surface area contributed by atoms with E-state index in [1.54, 1.807) is 0 Å². The lowest BCUT2D eigenvalue weighted by atomic mass is 10.00. The number of rotatable bonds is 4. The van der Waals surface area contributed by atoms with Crippen LogP contribution in [0.3, 0.4) is 0 Å². The normalized spacial score (nSPS) is 12.8. The quantitative estimate of drug-likeness (QED) is 0.181. The van der Waals surface area contributed by atoms with Crippen molar-refractivity contribution in [3.8, 4) is 33.8 Å². The minimum atomic E-state index is 0.835. The Morgan fingerprint density at radius 3 is 1.93 bits per heavy atom. The first-order valence-corrected chi connectivity index (χ1v) is 19.1. The van der Waals surface area contributed by atoms with Gasteiger partial charge in [-0.05, 0) is 105 Å². The molecule has 2 aliphatic heterocycles. The molecular weight excluding hydrogens is 677 g/mol. The number of ether oxygens (including phenoxy) is 1. The summed E-state index contributed by atoms with van der Waals surface area (Å²) in [6.45, 7) is 0. The van der Waals surface area contributed by atoms with Crippen LogP contribution in [0.1, 0.15) is 0 Å². The van der Waals surface area contributed by atoms with Gasteiger partial charge in [0, 0.05) is 26.6 Å². The van der Waals surface area contributed by atoms with E-state index in [0.717, 1.165) is 56.1 Å². The highest BCUT2D eigenvalue weighted by Gasteiger charge is 2.29. The fourth-order valence-electron chi connectivity index (χ4n) is 7.98. The molecule has 0 amide bonds. The Hall–Kier alpha value is -6.75. The van der Waals surface area contributed by atoms with Crippen LogP contribution in [-0.2, 0) is 0 Å². The maximum Gasteiger partial charge on any atom is 0.159 e. The zero-order chi connectivity index (χ0) is 35.6. The van der Waals surface area contributed by atoms with E-state index in [9.17, 15) is 0 Å². The summed E-state index contributed by atoms with van der Waals surface area (Å²) in [6.07, 6.45) is 0. The summed E-state index contributed by atoms with van der Waals surface area (Å²) in [5, 5.41) is 4.67. The van der Waals surface area contributed by atoms with Gasteiger partial charge in [0.05, 0.1) is 22.7 Å². The number of fused-ring (bicyclic) bond motifs is 7. The van der Waals surface area contributed by atoms with Crippen LogP contribution in [0.2, 0.25) is 0 Å². The second kappa shape index (κ2) is 12.4. The molecule has 254 valence electrons. The second-order valence-corrected chi connectivity index (χ2v) is 14.9. The Morgan fingerprint density at radius 1 is 0.352 bits per heavy atom. The molecule has 9 aromatic rings. The number of para-hydroxylation sites is 1. The highest BCUT2D eigenvalue weighted by atomic mass is 32.2. The maximum atomic E-state index is 6.80. The maximum absolute atomic E-state index is 6.80. The van der Waals surface area contributed by atoms with Gasteiger partial charge < -0.3 is 14.5 Å². The number of nitrogens with zero attached hydrogens (tertiary/aromatic N) is 2. The fraction of sp³-hybridized carbons (Fsp3) is 0. The van der Waals surface area contributed by atoms with E-state index in [1.807, 2.05) is 11.8 Å². The molecule has 0 aliphatic carbocycles. The van der Waals surface area contributed by atoms with Crippen molar-refractivity contribution in [2.75, 3.05) is 9.80 Å². The molecule has 0 aromatic heterocycles. The van der Waals surface area contributed by atoms with E-state index in [4.69, 9.17) is 4.74 Å². The third-order valence-corrected chi connectivity index (χ3v) is 11.7. The van der Waals surface area contributed by atoms with Crippen molar-refractivity contribution in [2.45, 2.75) is 9.79 Å². The van der Waals surface area contributed by atoms with E-state index < -0.39 is 0 Å². The van der Waals surface area contributed by atoms with Crippen molar-refractivity contribution in [3.63, 3.8) is 0 Å². The Kier molecular flexibility index (Phi) is 7.10. The summed E-state index contributed by atoms with van der Waals surface area (Å²) < 4.78 is 6.80. The van der Waals surface area contributed by atoms with Crippen LogP contribution in [0.4, 0.5) is 34.1 Å². The second-order valence-electron chi connectivity index (χ2n) is 13.8. The van der Waals surface area contributed by atoms with Crippen molar-refractivity contribution in [2.24, 2.45) is 0 Å². The molecule has 2 heterocycles. The molecule has 0 fully saturated rings. The number of hydrogen-bond donors (Lipinski definition) is 0. The topological polar surface area (TPSA) is 15.7 Å². The van der Waals surface area contributed by atoms with Crippen LogP contribution in [-0.4, -0.2) is 0 Å². The van der Waals surface area contributed by atoms with Gasteiger partial charge in [-0.15, -0.1) is 0 Å². The van der Waals surface area contributed by atoms with Crippen LogP contribution in [0, 0.1) is 0 Å². The fourth-order valence-corrected chi connectivity index (χ4v) is 9.07. The third kappa shape index (κ3) is 5.07. The average Bonchev–Trinajstić information content (AvgIpc) is 3.24. The monoisotopic (exact) mass is 708 g/mol. The first-order valence-electron chi connectivity index (χ1n) is 18.2. The van der Waals surface area contributed by atoms with Crippen LogP contribution in [0.5, 0.6) is 11.5 Å². The van der Waals surface area contributed by atoms with E-state index >= 15 is 0 Å². The molecule has 2 aliphatic rings. The van der Waals surface area contributed by atoms with Gasteiger partial charge in [-0.3, -0.25) is 0 Å². The van der Waals surface area contributed by atoms with Crippen molar-refractivity contribution < 1.29 is 4.74 Å². The van der Waals surface area contributed by atoms with Gasteiger partial charge in [0.25, 0.3) is 0 Å². The Labute approximate surface area is 318 Å². The van der Waals surface area contributed by atoms with Crippen molar-refractivity contribution in [1.29, 1.82) is 0 Å². The molecule has 11 rings (SSSR count). The van der Waals surface area contributed by atoms with E-state index in [2.05, 4.69) is 204 Å². The molecule has 0 radical (unpaired) electrons. The summed E-state index contributed by atoms with van der Waals surface area (Å²) in [6, 6.07) is 69.8. The summed E-state index contributed by atoms with van der Waals surface area (Å²) >= 11 is 1.83. The van der Waals surface area contributed by atoms with Crippen LogP contribution < -0.4 is 14.5 Å². The molecule has 54 heavy (non-hydrogen) atoms. The number of benzene rings is 9. The summed E-state index contributed by atoms with van der Waals surface area (Å²) in [4.78, 5) is 7.22. The number of anilines is 6.